The maximum absolute atomic E-state index is 5.00. The van der Waals surface area contributed by atoms with Crippen LogP contribution in [0.2, 0.25) is 0 Å². The molecule has 32 heavy (non-hydrogen) atoms. The molecule has 0 atom stereocenters. The lowest BCUT2D eigenvalue weighted by Gasteiger charge is -2.21. The molecule has 0 N–H and O–H groups in total. The molecule has 1 aromatic heterocycles. The fourth-order valence-electron chi connectivity index (χ4n) is 3.97. The first-order valence-electron chi connectivity index (χ1n) is 11.0. The fourth-order valence-corrected chi connectivity index (χ4v) is 3.97. The summed E-state index contributed by atoms with van der Waals surface area (Å²) in [6.45, 7) is 0.886. The van der Waals surface area contributed by atoms with Crippen LogP contribution >= 0.6 is 0 Å². The second-order valence-corrected chi connectivity index (χ2v) is 7.99. The van der Waals surface area contributed by atoms with Crippen LogP contribution in [0.25, 0.3) is 33.4 Å². The molecule has 1 heterocycles. The van der Waals surface area contributed by atoms with Gasteiger partial charge in [-0.25, -0.2) is 9.97 Å². The Labute approximate surface area is 189 Å². The molecule has 156 valence electrons. The Kier molecular flexibility index (Phi) is 5.63. The summed E-state index contributed by atoms with van der Waals surface area (Å²) in [6.07, 6.45) is 0.969. The molecule has 0 bridgehead atoms. The normalized spacial score (nSPS) is 10.9. The van der Waals surface area contributed by atoms with Crippen molar-refractivity contribution in [2.45, 2.75) is 6.42 Å². The van der Waals surface area contributed by atoms with Gasteiger partial charge in [-0.05, 0) is 35.2 Å². The summed E-state index contributed by atoms with van der Waals surface area (Å²) in [7, 11) is 2.11. The van der Waals surface area contributed by atoms with Gasteiger partial charge in [-0.15, -0.1) is 0 Å². The topological polar surface area (TPSA) is 29.0 Å². The number of likely N-dealkylation sites (N-methyl/N-ethyl adjacent to an activating group) is 1. The first kappa shape index (κ1) is 20.0. The molecule has 0 fully saturated rings. The largest absolute Gasteiger partial charge is 0.359 e. The molecule has 0 amide bonds. The summed E-state index contributed by atoms with van der Waals surface area (Å²) in [5, 5.41) is 1.08. The molecular weight excluding hydrogens is 390 g/mol. The third kappa shape index (κ3) is 4.23. The highest BCUT2D eigenvalue weighted by Crippen LogP contribution is 2.28. The fraction of sp³-hybridized carbons (Fsp3) is 0.103. The van der Waals surface area contributed by atoms with Crippen LogP contribution in [0.1, 0.15) is 5.56 Å². The summed E-state index contributed by atoms with van der Waals surface area (Å²) < 4.78 is 0. The predicted molar refractivity (Wildman–Crippen MR) is 134 cm³/mol. The van der Waals surface area contributed by atoms with Crippen LogP contribution < -0.4 is 4.90 Å². The highest BCUT2D eigenvalue weighted by Gasteiger charge is 2.13. The molecule has 0 aliphatic carbocycles. The molecule has 5 aromatic rings. The second kappa shape index (κ2) is 9.03. The predicted octanol–water partition coefficient (Wildman–Crippen LogP) is 6.64. The number of hydrogen-bond acceptors (Lipinski definition) is 3. The molecule has 3 heteroatoms. The van der Waals surface area contributed by atoms with Gasteiger partial charge >= 0.3 is 0 Å². The van der Waals surface area contributed by atoms with E-state index < -0.39 is 0 Å². The number of fused-ring (bicyclic) bond motifs is 1. The summed E-state index contributed by atoms with van der Waals surface area (Å²) >= 11 is 0. The van der Waals surface area contributed by atoms with Crippen molar-refractivity contribution in [1.29, 1.82) is 0 Å². The quantitative estimate of drug-likeness (QED) is 0.311. The Morgan fingerprint density at radius 3 is 1.94 bits per heavy atom. The summed E-state index contributed by atoms with van der Waals surface area (Å²) in [4.78, 5) is 12.1. The lowest BCUT2D eigenvalue weighted by atomic mass is 10.0. The van der Waals surface area contributed by atoms with E-state index in [9.17, 15) is 0 Å². The first-order chi connectivity index (χ1) is 15.8. The number of anilines is 1. The van der Waals surface area contributed by atoms with E-state index in [0.717, 1.165) is 41.1 Å². The number of para-hydroxylation sites is 1. The van der Waals surface area contributed by atoms with Gasteiger partial charge in [0.1, 0.15) is 5.82 Å². The molecule has 0 saturated heterocycles. The van der Waals surface area contributed by atoms with Crippen molar-refractivity contribution in [3.05, 3.63) is 115 Å². The maximum Gasteiger partial charge on any atom is 0.162 e. The van der Waals surface area contributed by atoms with Crippen LogP contribution in [0, 0.1) is 0 Å². The van der Waals surface area contributed by atoms with Gasteiger partial charge in [0.15, 0.2) is 5.82 Å². The van der Waals surface area contributed by atoms with Gasteiger partial charge in [-0.3, -0.25) is 0 Å². The molecule has 0 saturated carbocycles. The minimum Gasteiger partial charge on any atom is -0.359 e. The lowest BCUT2D eigenvalue weighted by molar-refractivity contribution is 0.863. The Hall–Kier alpha value is -3.98. The standard InChI is InChI=1S/C29H25N3/c1-32(21-20-22-10-4-2-5-11-22)29-26-14-8-9-15-27(26)30-28(31-29)25-18-16-24(17-19-25)23-12-6-3-7-13-23/h2-19H,20-21H2,1H3. The van der Waals surface area contributed by atoms with Crippen molar-refractivity contribution in [2.24, 2.45) is 0 Å². The summed E-state index contributed by atoms with van der Waals surface area (Å²) in [6, 6.07) is 37.8. The second-order valence-electron chi connectivity index (χ2n) is 7.99. The van der Waals surface area contributed by atoms with Crippen molar-refractivity contribution < 1.29 is 0 Å². The zero-order valence-electron chi connectivity index (χ0n) is 18.1. The van der Waals surface area contributed by atoms with E-state index in [4.69, 9.17) is 9.97 Å². The van der Waals surface area contributed by atoms with Gasteiger partial charge in [-0.1, -0.05) is 97.1 Å². The number of benzene rings is 4. The van der Waals surface area contributed by atoms with Gasteiger partial charge in [0, 0.05) is 24.5 Å². The smallest absolute Gasteiger partial charge is 0.162 e. The minimum atomic E-state index is 0.755. The summed E-state index contributed by atoms with van der Waals surface area (Å²) in [5.41, 5.74) is 5.71. The number of hydrogen-bond donors (Lipinski definition) is 0. The molecule has 3 nitrogen and oxygen atoms in total. The van der Waals surface area contributed by atoms with Crippen molar-refractivity contribution in [3.8, 4) is 22.5 Å². The molecule has 0 unspecified atom stereocenters. The highest BCUT2D eigenvalue weighted by molar-refractivity contribution is 5.91. The van der Waals surface area contributed by atoms with Crippen molar-refractivity contribution in [3.63, 3.8) is 0 Å². The van der Waals surface area contributed by atoms with E-state index >= 15 is 0 Å². The van der Waals surface area contributed by atoms with E-state index in [1.165, 1.54) is 16.7 Å². The van der Waals surface area contributed by atoms with Crippen molar-refractivity contribution in [2.75, 3.05) is 18.5 Å². The summed E-state index contributed by atoms with van der Waals surface area (Å²) in [5.74, 6) is 1.72. The van der Waals surface area contributed by atoms with Crippen LogP contribution in [-0.2, 0) is 6.42 Å². The van der Waals surface area contributed by atoms with E-state index in [0.29, 0.717) is 0 Å². The average Bonchev–Trinajstić information content (AvgIpc) is 2.88. The van der Waals surface area contributed by atoms with Gasteiger partial charge in [-0.2, -0.15) is 0 Å². The van der Waals surface area contributed by atoms with Crippen LogP contribution in [0.4, 0.5) is 5.82 Å². The zero-order valence-corrected chi connectivity index (χ0v) is 18.1. The number of aromatic nitrogens is 2. The monoisotopic (exact) mass is 415 g/mol. The van der Waals surface area contributed by atoms with Gasteiger partial charge in [0.25, 0.3) is 0 Å². The van der Waals surface area contributed by atoms with E-state index in [2.05, 4.69) is 109 Å². The molecule has 0 aliphatic rings. The average molecular weight is 416 g/mol. The maximum atomic E-state index is 5.00. The number of rotatable bonds is 6. The van der Waals surface area contributed by atoms with Gasteiger partial charge < -0.3 is 4.90 Å². The third-order valence-corrected chi connectivity index (χ3v) is 5.77. The number of nitrogens with zero attached hydrogens (tertiary/aromatic N) is 3. The molecule has 5 rings (SSSR count). The third-order valence-electron chi connectivity index (χ3n) is 5.77. The zero-order chi connectivity index (χ0) is 21.8. The highest BCUT2D eigenvalue weighted by atomic mass is 15.2. The van der Waals surface area contributed by atoms with Gasteiger partial charge in [0.05, 0.1) is 5.52 Å². The van der Waals surface area contributed by atoms with Crippen LogP contribution in [0.3, 0.4) is 0 Å². The first-order valence-corrected chi connectivity index (χ1v) is 11.0. The minimum absolute atomic E-state index is 0.755. The van der Waals surface area contributed by atoms with Gasteiger partial charge in [0.2, 0.25) is 0 Å². The van der Waals surface area contributed by atoms with Crippen LogP contribution in [0.15, 0.2) is 109 Å². The van der Waals surface area contributed by atoms with Crippen molar-refractivity contribution >= 4 is 16.7 Å². The molecule has 0 spiro atoms. The Bertz CT molecular complexity index is 1310. The molecule has 4 aromatic carbocycles. The Balaban J connectivity index is 1.48. The molecule has 0 aliphatic heterocycles. The Morgan fingerprint density at radius 1 is 0.594 bits per heavy atom. The van der Waals surface area contributed by atoms with Crippen LogP contribution in [0.5, 0.6) is 0 Å². The Morgan fingerprint density at radius 2 is 1.19 bits per heavy atom. The molecular formula is C29H25N3. The molecule has 0 radical (unpaired) electrons. The van der Waals surface area contributed by atoms with Crippen LogP contribution in [-0.4, -0.2) is 23.6 Å². The van der Waals surface area contributed by atoms with E-state index in [1.807, 2.05) is 12.1 Å². The van der Waals surface area contributed by atoms with Crippen molar-refractivity contribution in [1.82, 2.24) is 9.97 Å². The van der Waals surface area contributed by atoms with E-state index in [1.54, 1.807) is 0 Å². The lowest BCUT2D eigenvalue weighted by Crippen LogP contribution is -2.22. The van der Waals surface area contributed by atoms with E-state index in [-0.39, 0.29) is 0 Å². The SMILES string of the molecule is CN(CCc1ccccc1)c1nc(-c2ccc(-c3ccccc3)cc2)nc2ccccc12.